The quantitative estimate of drug-likeness (QED) is 0.871. The Bertz CT molecular complexity index is 523. The van der Waals surface area contributed by atoms with E-state index in [1.165, 1.54) is 0 Å². The van der Waals surface area contributed by atoms with Gasteiger partial charge in [0.1, 0.15) is 5.69 Å². The first kappa shape index (κ1) is 11.7. The zero-order valence-corrected chi connectivity index (χ0v) is 10.4. The molecule has 1 N–H and O–H groups in total. The number of hydrogen-bond acceptors (Lipinski definition) is 4. The number of aromatic nitrogens is 3. The zero-order chi connectivity index (χ0) is 12.3. The summed E-state index contributed by atoms with van der Waals surface area (Å²) >= 11 is 0. The average molecular weight is 228 g/mol. The smallest absolute Gasteiger partial charge is 0.178 e. The maximum absolute atomic E-state index is 4.56. The predicted octanol–water partition coefficient (Wildman–Crippen LogP) is 1.87. The highest BCUT2D eigenvalue weighted by molar-refractivity contribution is 5.54. The Labute approximate surface area is 101 Å². The minimum absolute atomic E-state index is 0.693. The normalized spacial score (nSPS) is 10.5. The number of aryl methyl sites for hydroxylation is 2. The van der Waals surface area contributed by atoms with Crippen LogP contribution in [0, 0.1) is 13.8 Å². The van der Waals surface area contributed by atoms with E-state index in [-0.39, 0.29) is 0 Å². The van der Waals surface area contributed by atoms with Crippen LogP contribution in [0.1, 0.15) is 16.8 Å². The van der Waals surface area contributed by atoms with Gasteiger partial charge in [-0.3, -0.25) is 4.98 Å². The second-order valence-corrected chi connectivity index (χ2v) is 4.02. The van der Waals surface area contributed by atoms with Crippen molar-refractivity contribution in [3.05, 3.63) is 41.3 Å². The summed E-state index contributed by atoms with van der Waals surface area (Å²) in [5, 5.41) is 3.11. The van der Waals surface area contributed by atoms with Gasteiger partial charge >= 0.3 is 0 Å². The van der Waals surface area contributed by atoms with Crippen molar-refractivity contribution in [1.82, 2.24) is 20.3 Å². The largest absolute Gasteiger partial charge is 0.314 e. The van der Waals surface area contributed by atoms with Crippen LogP contribution in [0.15, 0.2) is 24.5 Å². The molecule has 2 rings (SSSR count). The highest BCUT2D eigenvalue weighted by Gasteiger charge is 2.08. The lowest BCUT2D eigenvalue weighted by Gasteiger charge is -2.07. The average Bonchev–Trinajstić information content (AvgIpc) is 2.33. The molecule has 0 aliphatic rings. The molecule has 4 heteroatoms. The van der Waals surface area contributed by atoms with Gasteiger partial charge in [0.05, 0.1) is 5.69 Å². The Morgan fingerprint density at radius 1 is 1.18 bits per heavy atom. The fourth-order valence-corrected chi connectivity index (χ4v) is 1.66. The van der Waals surface area contributed by atoms with E-state index in [1.807, 2.05) is 39.2 Å². The van der Waals surface area contributed by atoms with Gasteiger partial charge in [-0.1, -0.05) is 6.07 Å². The first-order valence-electron chi connectivity index (χ1n) is 5.61. The summed E-state index contributed by atoms with van der Waals surface area (Å²) in [5.41, 5.74) is 4.05. The van der Waals surface area contributed by atoms with E-state index in [9.17, 15) is 0 Å². The Kier molecular flexibility index (Phi) is 3.44. The van der Waals surface area contributed by atoms with E-state index >= 15 is 0 Å². The summed E-state index contributed by atoms with van der Waals surface area (Å²) in [6.45, 7) is 4.78. The highest BCUT2D eigenvalue weighted by atomic mass is 14.9. The van der Waals surface area contributed by atoms with E-state index in [0.29, 0.717) is 5.82 Å². The number of nitrogens with zero attached hydrogens (tertiary/aromatic N) is 3. The first-order chi connectivity index (χ1) is 8.22. The molecule has 0 aliphatic heterocycles. The minimum atomic E-state index is 0.693. The van der Waals surface area contributed by atoms with Crippen LogP contribution in [0.3, 0.4) is 0 Å². The van der Waals surface area contributed by atoms with Gasteiger partial charge in [-0.25, -0.2) is 9.97 Å². The Morgan fingerprint density at radius 3 is 2.71 bits per heavy atom. The third-order valence-corrected chi connectivity index (χ3v) is 2.64. The Morgan fingerprint density at radius 2 is 2.00 bits per heavy atom. The zero-order valence-electron chi connectivity index (χ0n) is 10.4. The van der Waals surface area contributed by atoms with Gasteiger partial charge in [-0.2, -0.15) is 0 Å². The van der Waals surface area contributed by atoms with E-state index in [4.69, 9.17) is 0 Å². The fraction of sp³-hybridized carbons (Fsp3) is 0.308. The van der Waals surface area contributed by atoms with E-state index in [2.05, 4.69) is 20.3 Å². The molecule has 0 amide bonds. The van der Waals surface area contributed by atoms with Gasteiger partial charge < -0.3 is 5.32 Å². The van der Waals surface area contributed by atoms with Crippen molar-refractivity contribution in [2.45, 2.75) is 20.4 Å². The molecule has 2 aromatic heterocycles. The molecule has 0 aliphatic carbocycles. The van der Waals surface area contributed by atoms with Gasteiger partial charge in [-0.05, 0) is 38.1 Å². The van der Waals surface area contributed by atoms with Crippen LogP contribution in [-0.2, 0) is 6.54 Å². The van der Waals surface area contributed by atoms with Crippen molar-refractivity contribution in [3.63, 3.8) is 0 Å². The molecule has 2 heterocycles. The van der Waals surface area contributed by atoms with Gasteiger partial charge in [0.25, 0.3) is 0 Å². The molecule has 0 spiro atoms. The Hall–Kier alpha value is -1.81. The van der Waals surface area contributed by atoms with Gasteiger partial charge in [0.15, 0.2) is 5.82 Å². The lowest BCUT2D eigenvalue weighted by atomic mass is 10.2. The molecule has 0 radical (unpaired) electrons. The number of rotatable bonds is 3. The third kappa shape index (κ3) is 2.47. The lowest BCUT2D eigenvalue weighted by Crippen LogP contribution is -2.10. The summed E-state index contributed by atoms with van der Waals surface area (Å²) in [5.74, 6) is 0.693. The van der Waals surface area contributed by atoms with Crippen LogP contribution in [0.25, 0.3) is 11.5 Å². The van der Waals surface area contributed by atoms with Crippen molar-refractivity contribution in [2.75, 3.05) is 7.05 Å². The molecule has 0 saturated carbocycles. The van der Waals surface area contributed by atoms with Crippen LogP contribution in [0.4, 0.5) is 0 Å². The summed E-state index contributed by atoms with van der Waals surface area (Å²) in [7, 11) is 1.91. The summed E-state index contributed by atoms with van der Waals surface area (Å²) < 4.78 is 0. The second-order valence-electron chi connectivity index (χ2n) is 4.02. The lowest BCUT2D eigenvalue weighted by molar-refractivity contribution is 0.779. The molecule has 4 nitrogen and oxygen atoms in total. The van der Waals surface area contributed by atoms with E-state index < -0.39 is 0 Å². The molecule has 0 unspecified atom stereocenters. The van der Waals surface area contributed by atoms with Crippen LogP contribution in [0.2, 0.25) is 0 Å². The molecule has 2 aromatic rings. The van der Waals surface area contributed by atoms with Crippen LogP contribution in [0.5, 0.6) is 0 Å². The molecule has 0 bridgehead atoms. The van der Waals surface area contributed by atoms with Gasteiger partial charge in [0.2, 0.25) is 0 Å². The predicted molar refractivity (Wildman–Crippen MR) is 67.5 cm³/mol. The molecule has 17 heavy (non-hydrogen) atoms. The second kappa shape index (κ2) is 5.01. The topological polar surface area (TPSA) is 50.7 Å². The molecular formula is C13H16N4. The number of nitrogens with one attached hydrogen (secondary N) is 1. The van der Waals surface area contributed by atoms with Crippen LogP contribution >= 0.6 is 0 Å². The highest BCUT2D eigenvalue weighted by Crippen LogP contribution is 2.17. The SMILES string of the molecule is CNCc1nc(-c2ncccc2C)ncc1C. The van der Waals surface area contributed by atoms with Crippen LogP contribution < -0.4 is 5.32 Å². The van der Waals surface area contributed by atoms with Crippen molar-refractivity contribution >= 4 is 0 Å². The van der Waals surface area contributed by atoms with Crippen molar-refractivity contribution in [3.8, 4) is 11.5 Å². The third-order valence-electron chi connectivity index (χ3n) is 2.64. The maximum Gasteiger partial charge on any atom is 0.178 e. The molecule has 0 fully saturated rings. The van der Waals surface area contributed by atoms with Crippen molar-refractivity contribution in [2.24, 2.45) is 0 Å². The minimum Gasteiger partial charge on any atom is -0.314 e. The first-order valence-corrected chi connectivity index (χ1v) is 5.61. The summed E-state index contributed by atoms with van der Waals surface area (Å²) in [6, 6.07) is 3.94. The standard InChI is InChI=1S/C13H16N4/c1-9-5-4-6-15-12(9)13-16-7-10(2)11(17-13)8-14-3/h4-7,14H,8H2,1-3H3. The van der Waals surface area contributed by atoms with Gasteiger partial charge in [-0.15, -0.1) is 0 Å². The van der Waals surface area contributed by atoms with Crippen molar-refractivity contribution < 1.29 is 0 Å². The molecular weight excluding hydrogens is 212 g/mol. The number of pyridine rings is 1. The molecule has 0 aromatic carbocycles. The summed E-state index contributed by atoms with van der Waals surface area (Å²) in [4.78, 5) is 13.2. The van der Waals surface area contributed by atoms with Gasteiger partial charge in [0, 0.05) is 18.9 Å². The van der Waals surface area contributed by atoms with Crippen molar-refractivity contribution in [1.29, 1.82) is 0 Å². The number of hydrogen-bond donors (Lipinski definition) is 1. The molecule has 0 saturated heterocycles. The monoisotopic (exact) mass is 228 g/mol. The maximum atomic E-state index is 4.56. The Balaban J connectivity index is 2.46. The van der Waals surface area contributed by atoms with E-state index in [0.717, 1.165) is 29.1 Å². The fourth-order valence-electron chi connectivity index (χ4n) is 1.66. The van der Waals surface area contributed by atoms with E-state index in [1.54, 1.807) is 6.20 Å². The molecule has 88 valence electrons. The van der Waals surface area contributed by atoms with Crippen LogP contribution in [-0.4, -0.2) is 22.0 Å². The summed E-state index contributed by atoms with van der Waals surface area (Å²) in [6.07, 6.45) is 3.62. The molecule has 0 atom stereocenters.